The van der Waals surface area contributed by atoms with Crippen LogP contribution in [0.15, 0.2) is 30.3 Å². The molecule has 0 aromatic heterocycles. The normalized spacial score (nSPS) is 22.4. The summed E-state index contributed by atoms with van der Waals surface area (Å²) in [6.45, 7) is 0.910. The highest BCUT2D eigenvalue weighted by atomic mass is 16.2. The van der Waals surface area contributed by atoms with E-state index in [9.17, 15) is 14.4 Å². The number of benzene rings is 1. The zero-order valence-corrected chi connectivity index (χ0v) is 15.5. The van der Waals surface area contributed by atoms with E-state index in [2.05, 4.69) is 12.1 Å². The molecule has 1 aromatic rings. The largest absolute Gasteiger partial charge is 0.346 e. The van der Waals surface area contributed by atoms with Crippen LogP contribution in [0, 0.1) is 11.8 Å². The first kappa shape index (κ1) is 18.6. The van der Waals surface area contributed by atoms with Crippen LogP contribution >= 0.6 is 0 Å². The van der Waals surface area contributed by atoms with Gasteiger partial charge in [-0.15, -0.1) is 0 Å². The molecule has 140 valence electrons. The summed E-state index contributed by atoms with van der Waals surface area (Å²) in [5.74, 6) is -0.378. The van der Waals surface area contributed by atoms with Crippen molar-refractivity contribution in [1.82, 2.24) is 9.80 Å². The minimum atomic E-state index is -0.130. The lowest BCUT2D eigenvalue weighted by atomic mass is 9.81. The summed E-state index contributed by atoms with van der Waals surface area (Å²) >= 11 is 0. The Kier molecular flexibility index (Phi) is 6.07. The van der Waals surface area contributed by atoms with E-state index in [1.54, 1.807) is 11.9 Å². The topological polar surface area (TPSA) is 57.7 Å². The highest BCUT2D eigenvalue weighted by Crippen LogP contribution is 2.37. The van der Waals surface area contributed by atoms with Crippen molar-refractivity contribution < 1.29 is 14.4 Å². The lowest BCUT2D eigenvalue weighted by Crippen LogP contribution is -2.36. The van der Waals surface area contributed by atoms with Crippen molar-refractivity contribution >= 4 is 17.7 Å². The number of carbonyl (C=O) groups excluding carboxylic acids is 3. The molecule has 1 aliphatic carbocycles. The molecule has 5 nitrogen and oxygen atoms in total. The molecule has 3 amide bonds. The predicted molar refractivity (Wildman–Crippen MR) is 99.2 cm³/mol. The second kappa shape index (κ2) is 8.47. The van der Waals surface area contributed by atoms with Crippen molar-refractivity contribution in [3.05, 3.63) is 35.9 Å². The number of amides is 3. The van der Waals surface area contributed by atoms with Crippen molar-refractivity contribution in [3.8, 4) is 0 Å². The molecule has 0 N–H and O–H groups in total. The first-order valence-corrected chi connectivity index (χ1v) is 9.71. The number of fused-ring (bicyclic) bond motifs is 1. The molecule has 1 aromatic carbocycles. The maximum Gasteiger partial charge on any atom is 0.233 e. The summed E-state index contributed by atoms with van der Waals surface area (Å²) in [5, 5.41) is 0. The lowest BCUT2D eigenvalue weighted by Gasteiger charge is -2.19. The van der Waals surface area contributed by atoms with Crippen LogP contribution in [-0.4, -0.2) is 47.7 Å². The van der Waals surface area contributed by atoms with E-state index in [4.69, 9.17) is 0 Å². The number of hydrogen-bond acceptors (Lipinski definition) is 3. The number of aryl methyl sites for hydroxylation is 1. The van der Waals surface area contributed by atoms with Gasteiger partial charge in [0.2, 0.25) is 17.7 Å². The molecule has 1 saturated heterocycles. The predicted octanol–water partition coefficient (Wildman–Crippen LogP) is 2.64. The van der Waals surface area contributed by atoms with Crippen molar-refractivity contribution in [2.24, 2.45) is 11.8 Å². The van der Waals surface area contributed by atoms with Crippen LogP contribution in [0.4, 0.5) is 0 Å². The molecular formula is C21H28N2O3. The Hall–Kier alpha value is -2.17. The van der Waals surface area contributed by atoms with Crippen LogP contribution in [0.3, 0.4) is 0 Å². The van der Waals surface area contributed by atoms with E-state index in [1.165, 1.54) is 10.5 Å². The molecule has 26 heavy (non-hydrogen) atoms. The Morgan fingerprint density at radius 3 is 2.31 bits per heavy atom. The van der Waals surface area contributed by atoms with Gasteiger partial charge in [0.15, 0.2) is 0 Å². The van der Waals surface area contributed by atoms with E-state index >= 15 is 0 Å². The molecule has 0 spiro atoms. The first-order valence-electron chi connectivity index (χ1n) is 9.71. The molecular weight excluding hydrogens is 328 g/mol. The summed E-state index contributed by atoms with van der Waals surface area (Å²) in [6.07, 6.45) is 5.74. The van der Waals surface area contributed by atoms with Gasteiger partial charge >= 0.3 is 0 Å². The van der Waals surface area contributed by atoms with Gasteiger partial charge in [-0.3, -0.25) is 19.3 Å². The van der Waals surface area contributed by atoms with E-state index in [-0.39, 0.29) is 42.5 Å². The minimum absolute atomic E-state index is 0.00599. The summed E-state index contributed by atoms with van der Waals surface area (Å²) in [5.41, 5.74) is 1.27. The summed E-state index contributed by atoms with van der Waals surface area (Å²) in [7, 11) is 1.79. The number of rotatable bonds is 7. The van der Waals surface area contributed by atoms with Gasteiger partial charge in [-0.2, -0.15) is 0 Å². The Labute approximate surface area is 155 Å². The average molecular weight is 356 g/mol. The molecule has 0 radical (unpaired) electrons. The Bertz CT molecular complexity index is 634. The fourth-order valence-electron chi connectivity index (χ4n) is 4.14. The molecule has 1 heterocycles. The highest BCUT2D eigenvalue weighted by molar-refractivity contribution is 6.05. The molecule has 1 aliphatic heterocycles. The second-order valence-corrected chi connectivity index (χ2v) is 7.48. The highest BCUT2D eigenvalue weighted by Gasteiger charge is 2.47. The number of carbonyl (C=O) groups is 3. The third-order valence-corrected chi connectivity index (χ3v) is 5.71. The number of imide groups is 1. The fourth-order valence-corrected chi connectivity index (χ4v) is 4.14. The molecule has 2 fully saturated rings. The van der Waals surface area contributed by atoms with Crippen LogP contribution in [0.25, 0.3) is 0 Å². The molecule has 1 saturated carbocycles. The zero-order chi connectivity index (χ0) is 18.5. The van der Waals surface area contributed by atoms with Crippen LogP contribution in [0.2, 0.25) is 0 Å². The number of hydrogen-bond donors (Lipinski definition) is 0. The molecule has 5 heteroatoms. The fraction of sp³-hybridized carbons (Fsp3) is 0.571. The monoisotopic (exact) mass is 356 g/mol. The van der Waals surface area contributed by atoms with Crippen LogP contribution in [0.5, 0.6) is 0 Å². The van der Waals surface area contributed by atoms with Gasteiger partial charge in [-0.25, -0.2) is 0 Å². The molecule has 3 rings (SSSR count). The van der Waals surface area contributed by atoms with Crippen molar-refractivity contribution in [1.29, 1.82) is 0 Å². The third kappa shape index (κ3) is 4.14. The van der Waals surface area contributed by atoms with Crippen LogP contribution < -0.4 is 0 Å². The van der Waals surface area contributed by atoms with Gasteiger partial charge in [-0.05, 0) is 31.2 Å². The third-order valence-electron chi connectivity index (χ3n) is 5.71. The standard InChI is InChI=1S/C21H28N2O3/c1-22(14-7-10-16-8-3-2-4-9-16)19(24)13-15-23-20(25)17-11-5-6-12-18(17)21(23)26/h2-4,8-9,17-18H,5-7,10-15H2,1H3. The average Bonchev–Trinajstić information content (AvgIpc) is 2.91. The Morgan fingerprint density at radius 2 is 1.69 bits per heavy atom. The SMILES string of the molecule is CN(CCCc1ccccc1)C(=O)CCN1C(=O)C2CCCCC2C1=O. The lowest BCUT2D eigenvalue weighted by molar-refractivity contribution is -0.140. The number of nitrogens with zero attached hydrogens (tertiary/aromatic N) is 2. The van der Waals surface area contributed by atoms with Crippen molar-refractivity contribution in [3.63, 3.8) is 0 Å². The van der Waals surface area contributed by atoms with Gasteiger partial charge in [0.25, 0.3) is 0 Å². The van der Waals surface area contributed by atoms with E-state index in [0.717, 1.165) is 38.5 Å². The maximum absolute atomic E-state index is 12.4. The minimum Gasteiger partial charge on any atom is -0.346 e. The Morgan fingerprint density at radius 1 is 1.08 bits per heavy atom. The molecule has 0 bridgehead atoms. The summed E-state index contributed by atoms with van der Waals surface area (Å²) < 4.78 is 0. The number of likely N-dealkylation sites (tertiary alicyclic amines) is 1. The first-order chi connectivity index (χ1) is 12.6. The van der Waals surface area contributed by atoms with Gasteiger partial charge < -0.3 is 4.90 Å². The van der Waals surface area contributed by atoms with E-state index in [1.807, 2.05) is 18.2 Å². The van der Waals surface area contributed by atoms with Crippen LogP contribution in [0.1, 0.15) is 44.1 Å². The smallest absolute Gasteiger partial charge is 0.233 e. The van der Waals surface area contributed by atoms with E-state index < -0.39 is 0 Å². The molecule has 2 aliphatic rings. The maximum atomic E-state index is 12.4. The van der Waals surface area contributed by atoms with Gasteiger partial charge in [0.1, 0.15) is 0 Å². The zero-order valence-electron chi connectivity index (χ0n) is 15.5. The van der Waals surface area contributed by atoms with Gasteiger partial charge in [0, 0.05) is 26.6 Å². The summed E-state index contributed by atoms with van der Waals surface area (Å²) in [6, 6.07) is 10.2. The van der Waals surface area contributed by atoms with E-state index in [0.29, 0.717) is 6.54 Å². The molecule has 2 atom stereocenters. The van der Waals surface area contributed by atoms with Gasteiger partial charge in [0.05, 0.1) is 11.8 Å². The second-order valence-electron chi connectivity index (χ2n) is 7.48. The quantitative estimate of drug-likeness (QED) is 0.706. The van der Waals surface area contributed by atoms with Gasteiger partial charge in [-0.1, -0.05) is 43.2 Å². The molecule has 2 unspecified atom stereocenters. The van der Waals surface area contributed by atoms with Crippen molar-refractivity contribution in [2.75, 3.05) is 20.1 Å². The Balaban J connectivity index is 1.43. The van der Waals surface area contributed by atoms with Crippen molar-refractivity contribution in [2.45, 2.75) is 44.9 Å². The van der Waals surface area contributed by atoms with Crippen LogP contribution in [-0.2, 0) is 20.8 Å². The summed E-state index contributed by atoms with van der Waals surface area (Å²) in [4.78, 5) is 40.3.